The molecule has 0 aliphatic rings. The summed E-state index contributed by atoms with van der Waals surface area (Å²) in [4.78, 5) is 0. The van der Waals surface area contributed by atoms with Gasteiger partial charge in [0.2, 0.25) is 0 Å². The highest BCUT2D eigenvalue weighted by Gasteiger charge is 2.07. The van der Waals surface area contributed by atoms with Gasteiger partial charge in [0, 0.05) is 11.1 Å². The highest BCUT2D eigenvalue weighted by atomic mass is 35.5. The van der Waals surface area contributed by atoms with Gasteiger partial charge in [-0.25, -0.2) is 0 Å². The van der Waals surface area contributed by atoms with E-state index in [1.165, 1.54) is 44.1 Å². The van der Waals surface area contributed by atoms with Crippen LogP contribution in [-0.2, 0) is 0 Å². The Bertz CT molecular complexity index is 349. The van der Waals surface area contributed by atoms with Crippen molar-refractivity contribution in [2.24, 2.45) is 5.73 Å². The fraction of sp³-hybridized carbons (Fsp3) is 0.625. The lowest BCUT2D eigenvalue weighted by Gasteiger charge is -2.13. The van der Waals surface area contributed by atoms with Crippen LogP contribution in [0.15, 0.2) is 18.2 Å². The largest absolute Gasteiger partial charge is 0.324 e. The number of halogens is 1. The Morgan fingerprint density at radius 1 is 1.11 bits per heavy atom. The number of aryl methyl sites for hydroxylation is 1. The summed E-state index contributed by atoms with van der Waals surface area (Å²) in [7, 11) is 0. The molecule has 1 nitrogen and oxygen atoms in total. The molecular formula is C16H26ClN. The highest BCUT2D eigenvalue weighted by molar-refractivity contribution is 6.31. The molecule has 0 radical (unpaired) electrons. The molecule has 102 valence electrons. The van der Waals surface area contributed by atoms with Crippen molar-refractivity contribution in [3.8, 4) is 0 Å². The first-order valence-corrected chi connectivity index (χ1v) is 7.54. The van der Waals surface area contributed by atoms with E-state index < -0.39 is 0 Å². The molecule has 2 N–H and O–H groups in total. The number of nitrogens with two attached hydrogens (primary N) is 1. The quantitative estimate of drug-likeness (QED) is 0.627. The topological polar surface area (TPSA) is 26.0 Å². The van der Waals surface area contributed by atoms with E-state index in [2.05, 4.69) is 19.1 Å². The van der Waals surface area contributed by atoms with Crippen molar-refractivity contribution in [3.05, 3.63) is 34.3 Å². The van der Waals surface area contributed by atoms with E-state index in [9.17, 15) is 0 Å². The third-order valence-electron chi connectivity index (χ3n) is 3.48. The molecule has 1 aromatic carbocycles. The van der Waals surface area contributed by atoms with Crippen molar-refractivity contribution in [2.45, 2.75) is 64.8 Å². The van der Waals surface area contributed by atoms with Gasteiger partial charge in [-0.15, -0.1) is 0 Å². The average molecular weight is 268 g/mol. The molecule has 18 heavy (non-hydrogen) atoms. The first kappa shape index (κ1) is 15.5. The molecule has 1 aromatic rings. The van der Waals surface area contributed by atoms with Crippen molar-refractivity contribution in [1.82, 2.24) is 0 Å². The van der Waals surface area contributed by atoms with Gasteiger partial charge in [0.25, 0.3) is 0 Å². The van der Waals surface area contributed by atoms with Gasteiger partial charge in [-0.2, -0.15) is 0 Å². The number of rotatable bonds is 8. The molecule has 0 aliphatic heterocycles. The normalized spacial score (nSPS) is 12.7. The molecular weight excluding hydrogens is 242 g/mol. The number of hydrogen-bond donors (Lipinski definition) is 1. The summed E-state index contributed by atoms with van der Waals surface area (Å²) in [6.07, 6.45) is 9.00. The van der Waals surface area contributed by atoms with Crippen LogP contribution in [-0.4, -0.2) is 0 Å². The number of benzene rings is 1. The Morgan fingerprint density at radius 2 is 1.78 bits per heavy atom. The summed E-state index contributed by atoms with van der Waals surface area (Å²) in [6.45, 7) is 4.28. The fourth-order valence-corrected chi connectivity index (χ4v) is 2.33. The minimum absolute atomic E-state index is 0.159. The van der Waals surface area contributed by atoms with Crippen LogP contribution < -0.4 is 5.73 Å². The zero-order valence-electron chi connectivity index (χ0n) is 11.7. The van der Waals surface area contributed by atoms with Crippen molar-refractivity contribution in [1.29, 1.82) is 0 Å². The molecule has 2 heteroatoms. The Balaban J connectivity index is 2.27. The maximum absolute atomic E-state index is 6.21. The van der Waals surface area contributed by atoms with Crippen LogP contribution >= 0.6 is 11.6 Å². The molecule has 0 saturated heterocycles. The van der Waals surface area contributed by atoms with E-state index in [1.807, 2.05) is 13.0 Å². The molecule has 0 aromatic heterocycles. The Hall–Kier alpha value is -0.530. The van der Waals surface area contributed by atoms with E-state index in [-0.39, 0.29) is 6.04 Å². The molecule has 0 heterocycles. The van der Waals surface area contributed by atoms with Gasteiger partial charge in [0.05, 0.1) is 0 Å². The van der Waals surface area contributed by atoms with Crippen molar-refractivity contribution in [3.63, 3.8) is 0 Å². The SMILES string of the molecule is CCCCCCCCC(N)c1ccc(Cl)c(C)c1. The summed E-state index contributed by atoms with van der Waals surface area (Å²) in [5.41, 5.74) is 8.54. The predicted octanol–water partition coefficient (Wildman–Crippen LogP) is 5.40. The first-order chi connectivity index (χ1) is 8.65. The van der Waals surface area contributed by atoms with Crippen LogP contribution in [0.25, 0.3) is 0 Å². The van der Waals surface area contributed by atoms with Crippen LogP contribution in [0.1, 0.15) is 69.0 Å². The van der Waals surface area contributed by atoms with Crippen molar-refractivity contribution in [2.75, 3.05) is 0 Å². The van der Waals surface area contributed by atoms with E-state index in [0.717, 1.165) is 17.0 Å². The van der Waals surface area contributed by atoms with E-state index in [4.69, 9.17) is 17.3 Å². The predicted molar refractivity (Wildman–Crippen MR) is 81.1 cm³/mol. The molecule has 0 bridgehead atoms. The lowest BCUT2D eigenvalue weighted by Crippen LogP contribution is -2.10. The Morgan fingerprint density at radius 3 is 2.44 bits per heavy atom. The minimum atomic E-state index is 0.159. The average Bonchev–Trinajstić information content (AvgIpc) is 2.36. The number of hydrogen-bond acceptors (Lipinski definition) is 1. The second-order valence-corrected chi connectivity index (χ2v) is 5.58. The van der Waals surface area contributed by atoms with Crippen LogP contribution in [0.5, 0.6) is 0 Å². The molecule has 1 rings (SSSR count). The number of unbranched alkanes of at least 4 members (excludes halogenated alkanes) is 5. The first-order valence-electron chi connectivity index (χ1n) is 7.16. The zero-order valence-corrected chi connectivity index (χ0v) is 12.5. The zero-order chi connectivity index (χ0) is 13.4. The Kier molecular flexibility index (Phi) is 7.38. The summed E-state index contributed by atoms with van der Waals surface area (Å²) in [6, 6.07) is 6.28. The van der Waals surface area contributed by atoms with Gasteiger partial charge in [0.15, 0.2) is 0 Å². The molecule has 0 spiro atoms. The third-order valence-corrected chi connectivity index (χ3v) is 3.90. The standard InChI is InChI=1S/C16H26ClN/c1-3-4-5-6-7-8-9-16(18)14-10-11-15(17)13(2)12-14/h10-12,16H,3-9,18H2,1-2H3. The lowest BCUT2D eigenvalue weighted by atomic mass is 9.99. The van der Waals surface area contributed by atoms with E-state index >= 15 is 0 Å². The van der Waals surface area contributed by atoms with Crippen molar-refractivity contribution < 1.29 is 0 Å². The molecule has 0 aliphatic carbocycles. The molecule has 1 atom stereocenters. The second-order valence-electron chi connectivity index (χ2n) is 5.17. The molecule has 0 fully saturated rings. The van der Waals surface area contributed by atoms with Crippen LogP contribution in [0, 0.1) is 6.92 Å². The maximum atomic E-state index is 6.21. The van der Waals surface area contributed by atoms with Gasteiger partial charge in [-0.1, -0.05) is 69.2 Å². The van der Waals surface area contributed by atoms with E-state index in [0.29, 0.717) is 0 Å². The van der Waals surface area contributed by atoms with Gasteiger partial charge < -0.3 is 5.73 Å². The van der Waals surface area contributed by atoms with Crippen LogP contribution in [0.2, 0.25) is 5.02 Å². The molecule has 0 saturated carbocycles. The summed E-state index contributed by atoms with van der Waals surface area (Å²) < 4.78 is 0. The molecule has 1 unspecified atom stereocenters. The van der Waals surface area contributed by atoms with Crippen LogP contribution in [0.4, 0.5) is 0 Å². The van der Waals surface area contributed by atoms with Gasteiger partial charge >= 0.3 is 0 Å². The van der Waals surface area contributed by atoms with Crippen molar-refractivity contribution >= 4 is 11.6 Å². The van der Waals surface area contributed by atoms with Gasteiger partial charge in [-0.05, 0) is 30.5 Å². The Labute approximate surface area is 117 Å². The smallest absolute Gasteiger partial charge is 0.0435 e. The lowest BCUT2D eigenvalue weighted by molar-refractivity contribution is 0.547. The minimum Gasteiger partial charge on any atom is -0.324 e. The van der Waals surface area contributed by atoms with E-state index in [1.54, 1.807) is 0 Å². The monoisotopic (exact) mass is 267 g/mol. The second kappa shape index (κ2) is 8.55. The summed E-state index contributed by atoms with van der Waals surface area (Å²) in [5, 5.41) is 0.825. The summed E-state index contributed by atoms with van der Waals surface area (Å²) in [5.74, 6) is 0. The summed E-state index contributed by atoms with van der Waals surface area (Å²) >= 11 is 6.02. The molecule has 0 amide bonds. The highest BCUT2D eigenvalue weighted by Crippen LogP contribution is 2.23. The van der Waals surface area contributed by atoms with Gasteiger partial charge in [-0.3, -0.25) is 0 Å². The van der Waals surface area contributed by atoms with Gasteiger partial charge in [0.1, 0.15) is 0 Å². The maximum Gasteiger partial charge on any atom is 0.0435 e. The third kappa shape index (κ3) is 5.41. The fourth-order valence-electron chi connectivity index (χ4n) is 2.21. The van der Waals surface area contributed by atoms with Crippen LogP contribution in [0.3, 0.4) is 0 Å².